The standard InChI is InChI=1S/C15H8BrF5O3/c16-8-1-6-12(11(7-8)13(22)14(17)18)23-9-2-4-10(5-3-9)24-15(19,20)21/h1-7,14H. The number of hydrogen-bond acceptors (Lipinski definition) is 3. The van der Waals surface area contributed by atoms with E-state index in [-0.39, 0.29) is 17.1 Å². The SMILES string of the molecule is O=C(c1cc(Br)ccc1Oc1ccc(OC(F)(F)F)cc1)C(F)F. The fourth-order valence-corrected chi connectivity index (χ4v) is 2.10. The summed E-state index contributed by atoms with van der Waals surface area (Å²) in [5.74, 6) is -1.99. The molecule has 0 saturated heterocycles. The Morgan fingerprint density at radius 3 is 2.12 bits per heavy atom. The van der Waals surface area contributed by atoms with E-state index in [0.717, 1.165) is 24.3 Å². The van der Waals surface area contributed by atoms with E-state index >= 15 is 0 Å². The van der Waals surface area contributed by atoms with E-state index in [1.807, 2.05) is 0 Å². The summed E-state index contributed by atoms with van der Waals surface area (Å²) in [5.41, 5.74) is -0.352. The molecule has 2 rings (SSSR count). The highest BCUT2D eigenvalue weighted by molar-refractivity contribution is 9.10. The van der Waals surface area contributed by atoms with Crippen molar-refractivity contribution < 1.29 is 36.2 Å². The number of rotatable bonds is 5. The number of benzene rings is 2. The molecule has 0 fully saturated rings. The van der Waals surface area contributed by atoms with E-state index in [2.05, 4.69) is 20.7 Å². The molecule has 0 saturated carbocycles. The van der Waals surface area contributed by atoms with Gasteiger partial charge in [-0.25, -0.2) is 8.78 Å². The predicted molar refractivity (Wildman–Crippen MR) is 77.7 cm³/mol. The number of ether oxygens (including phenoxy) is 2. The Hall–Kier alpha value is -2.16. The van der Waals surface area contributed by atoms with Crippen LogP contribution in [0.25, 0.3) is 0 Å². The van der Waals surface area contributed by atoms with Crippen LogP contribution >= 0.6 is 15.9 Å². The molecule has 2 aromatic carbocycles. The molecule has 0 aromatic heterocycles. The molecule has 0 radical (unpaired) electrons. The van der Waals surface area contributed by atoms with Crippen LogP contribution in [0.2, 0.25) is 0 Å². The molecule has 9 heteroatoms. The third-order valence-corrected chi connectivity index (χ3v) is 3.18. The number of carbonyl (C=O) groups excluding carboxylic acids is 1. The van der Waals surface area contributed by atoms with Gasteiger partial charge in [0.25, 0.3) is 0 Å². The van der Waals surface area contributed by atoms with Crippen LogP contribution in [0.15, 0.2) is 46.9 Å². The largest absolute Gasteiger partial charge is 0.573 e. The Balaban J connectivity index is 2.23. The monoisotopic (exact) mass is 410 g/mol. The molecule has 0 heterocycles. The highest BCUT2D eigenvalue weighted by Crippen LogP contribution is 2.31. The summed E-state index contributed by atoms with van der Waals surface area (Å²) in [6, 6.07) is 8.23. The highest BCUT2D eigenvalue weighted by atomic mass is 79.9. The van der Waals surface area contributed by atoms with Crippen molar-refractivity contribution in [3.05, 3.63) is 52.5 Å². The molecule has 0 amide bonds. The summed E-state index contributed by atoms with van der Waals surface area (Å²) in [6.45, 7) is 0. The number of halogens is 6. The van der Waals surface area contributed by atoms with Crippen molar-refractivity contribution >= 4 is 21.7 Å². The zero-order valence-electron chi connectivity index (χ0n) is 11.6. The van der Waals surface area contributed by atoms with Crippen LogP contribution in [0, 0.1) is 0 Å². The summed E-state index contributed by atoms with van der Waals surface area (Å²) >= 11 is 3.06. The van der Waals surface area contributed by atoms with Gasteiger partial charge in [-0.15, -0.1) is 13.2 Å². The minimum Gasteiger partial charge on any atom is -0.457 e. The molecular weight excluding hydrogens is 403 g/mol. The number of Topliss-reactive ketones (excluding diaryl/α,β-unsaturated/α-hetero) is 1. The Morgan fingerprint density at radius 2 is 1.58 bits per heavy atom. The third-order valence-electron chi connectivity index (χ3n) is 2.69. The van der Waals surface area contributed by atoms with Gasteiger partial charge in [0.05, 0.1) is 5.56 Å². The number of alkyl halides is 5. The van der Waals surface area contributed by atoms with Crippen LogP contribution < -0.4 is 9.47 Å². The van der Waals surface area contributed by atoms with Crippen LogP contribution in [-0.4, -0.2) is 18.6 Å². The van der Waals surface area contributed by atoms with Gasteiger partial charge >= 0.3 is 12.8 Å². The van der Waals surface area contributed by atoms with Gasteiger partial charge in [0.2, 0.25) is 5.78 Å². The van der Waals surface area contributed by atoms with Gasteiger partial charge in [0, 0.05) is 4.47 Å². The van der Waals surface area contributed by atoms with Gasteiger partial charge in [-0.3, -0.25) is 4.79 Å². The van der Waals surface area contributed by atoms with Gasteiger partial charge in [-0.05, 0) is 42.5 Å². The molecule has 0 aliphatic rings. The van der Waals surface area contributed by atoms with Gasteiger partial charge in [0.15, 0.2) is 0 Å². The lowest BCUT2D eigenvalue weighted by molar-refractivity contribution is -0.274. The number of carbonyl (C=O) groups is 1. The van der Waals surface area contributed by atoms with E-state index in [0.29, 0.717) is 4.47 Å². The highest BCUT2D eigenvalue weighted by Gasteiger charge is 2.31. The van der Waals surface area contributed by atoms with Gasteiger partial charge in [-0.1, -0.05) is 15.9 Å². The van der Waals surface area contributed by atoms with Crippen LogP contribution in [0.4, 0.5) is 22.0 Å². The molecule has 0 unspecified atom stereocenters. The van der Waals surface area contributed by atoms with Crippen molar-refractivity contribution in [2.45, 2.75) is 12.8 Å². The molecule has 24 heavy (non-hydrogen) atoms. The quantitative estimate of drug-likeness (QED) is 0.476. The van der Waals surface area contributed by atoms with Crippen molar-refractivity contribution in [2.75, 3.05) is 0 Å². The van der Waals surface area contributed by atoms with Crippen molar-refractivity contribution in [1.82, 2.24) is 0 Å². The number of hydrogen-bond donors (Lipinski definition) is 0. The zero-order chi connectivity index (χ0) is 17.9. The lowest BCUT2D eigenvalue weighted by Gasteiger charge is -2.12. The lowest BCUT2D eigenvalue weighted by Crippen LogP contribution is -2.16. The average Bonchev–Trinajstić information content (AvgIpc) is 2.48. The fourth-order valence-electron chi connectivity index (χ4n) is 1.74. The van der Waals surface area contributed by atoms with Crippen LogP contribution in [0.5, 0.6) is 17.2 Å². The van der Waals surface area contributed by atoms with Gasteiger partial charge in [0.1, 0.15) is 17.2 Å². The van der Waals surface area contributed by atoms with Crippen molar-refractivity contribution in [3.8, 4) is 17.2 Å². The normalized spacial score (nSPS) is 11.5. The lowest BCUT2D eigenvalue weighted by atomic mass is 10.1. The Morgan fingerprint density at radius 1 is 1.00 bits per heavy atom. The first-order valence-electron chi connectivity index (χ1n) is 6.31. The molecule has 0 spiro atoms. The molecule has 0 N–H and O–H groups in total. The van der Waals surface area contributed by atoms with E-state index in [4.69, 9.17) is 4.74 Å². The maximum absolute atomic E-state index is 12.6. The predicted octanol–water partition coefficient (Wildman–Crippen LogP) is 5.59. The van der Waals surface area contributed by atoms with Gasteiger partial charge < -0.3 is 9.47 Å². The van der Waals surface area contributed by atoms with E-state index < -0.39 is 24.3 Å². The molecular formula is C15H8BrF5O3. The average molecular weight is 411 g/mol. The van der Waals surface area contributed by atoms with E-state index in [1.165, 1.54) is 18.2 Å². The maximum Gasteiger partial charge on any atom is 0.573 e. The first-order valence-corrected chi connectivity index (χ1v) is 7.10. The molecule has 0 atom stereocenters. The Bertz CT molecular complexity index is 729. The molecule has 128 valence electrons. The molecule has 0 bridgehead atoms. The molecule has 2 aromatic rings. The number of ketones is 1. The second-order valence-corrected chi connectivity index (χ2v) is 5.34. The van der Waals surface area contributed by atoms with Crippen molar-refractivity contribution in [3.63, 3.8) is 0 Å². The zero-order valence-corrected chi connectivity index (χ0v) is 13.2. The summed E-state index contributed by atoms with van der Waals surface area (Å²) in [4.78, 5) is 11.5. The third kappa shape index (κ3) is 4.92. The minimum absolute atomic E-state index is 0.0511. The maximum atomic E-state index is 12.6. The molecule has 0 aliphatic carbocycles. The Labute approximate surface area is 141 Å². The minimum atomic E-state index is -4.83. The smallest absolute Gasteiger partial charge is 0.457 e. The summed E-state index contributed by atoms with van der Waals surface area (Å²) < 4.78 is 70.9. The first kappa shape index (κ1) is 18.2. The summed E-state index contributed by atoms with van der Waals surface area (Å²) in [5, 5.41) is 0. The van der Waals surface area contributed by atoms with Gasteiger partial charge in [-0.2, -0.15) is 0 Å². The van der Waals surface area contributed by atoms with E-state index in [1.54, 1.807) is 0 Å². The van der Waals surface area contributed by atoms with Crippen LogP contribution in [0.1, 0.15) is 10.4 Å². The van der Waals surface area contributed by atoms with Crippen molar-refractivity contribution in [1.29, 1.82) is 0 Å². The molecule has 0 aliphatic heterocycles. The molecule has 3 nitrogen and oxygen atoms in total. The Kier molecular flexibility index (Phi) is 5.43. The second-order valence-electron chi connectivity index (χ2n) is 4.43. The fraction of sp³-hybridized carbons (Fsp3) is 0.133. The van der Waals surface area contributed by atoms with E-state index in [9.17, 15) is 26.7 Å². The topological polar surface area (TPSA) is 35.5 Å². The summed E-state index contributed by atoms with van der Waals surface area (Å²) in [7, 11) is 0. The van der Waals surface area contributed by atoms with Crippen molar-refractivity contribution in [2.24, 2.45) is 0 Å². The summed E-state index contributed by atoms with van der Waals surface area (Å²) in [6.07, 6.45) is -8.05. The first-order chi connectivity index (χ1) is 11.2. The second kappa shape index (κ2) is 7.16. The van der Waals surface area contributed by atoms with Crippen LogP contribution in [-0.2, 0) is 0 Å². The van der Waals surface area contributed by atoms with Crippen LogP contribution in [0.3, 0.4) is 0 Å².